The van der Waals surface area contributed by atoms with Crippen molar-refractivity contribution < 1.29 is 4.42 Å². The third-order valence-electron chi connectivity index (χ3n) is 9.57. The summed E-state index contributed by atoms with van der Waals surface area (Å²) in [4.78, 5) is 20.9. The molecule has 0 fully saturated rings. The number of furan rings is 1. The van der Waals surface area contributed by atoms with Gasteiger partial charge in [-0.3, -0.25) is 8.97 Å². The van der Waals surface area contributed by atoms with Gasteiger partial charge in [0, 0.05) is 32.5 Å². The molecule has 0 atom stereocenters. The average molecular weight is 629 g/mol. The Balaban J connectivity index is 1.30. The number of fused-ring (bicyclic) bond motifs is 13. The molecule has 0 saturated carbocycles. The molecular weight excluding hydrogens is 605 g/mol. The lowest BCUT2D eigenvalue weighted by Crippen LogP contribution is -2.08. The molecule has 0 bridgehead atoms. The lowest BCUT2D eigenvalue weighted by Gasteiger charge is -2.13. The normalized spacial score (nSPS) is 12.1. The molecule has 0 unspecified atom stereocenters. The molecule has 49 heavy (non-hydrogen) atoms. The van der Waals surface area contributed by atoms with Crippen molar-refractivity contribution in [2.75, 3.05) is 0 Å². The average Bonchev–Trinajstić information content (AvgIpc) is 3.84. The molecule has 5 heterocycles. The Morgan fingerprint density at radius 1 is 0.449 bits per heavy atom. The number of nitrogens with zero attached hydrogens (tertiary/aromatic N) is 6. The molecule has 0 amide bonds. The Morgan fingerprint density at radius 3 is 1.96 bits per heavy atom. The van der Waals surface area contributed by atoms with Gasteiger partial charge in [0.15, 0.2) is 17.3 Å². The van der Waals surface area contributed by atoms with Crippen LogP contribution >= 0.6 is 0 Å². The summed E-state index contributed by atoms with van der Waals surface area (Å²) in [6.07, 6.45) is 0. The number of benzene rings is 6. The number of para-hydroxylation sites is 4. The van der Waals surface area contributed by atoms with Crippen molar-refractivity contribution in [3.05, 3.63) is 146 Å². The Labute approximate surface area is 278 Å². The topological polar surface area (TPSA) is 74.0 Å². The van der Waals surface area contributed by atoms with Gasteiger partial charge >= 0.3 is 0 Å². The minimum Gasteiger partial charge on any atom is -0.455 e. The van der Waals surface area contributed by atoms with Gasteiger partial charge in [-0.25, -0.2) is 9.97 Å². The summed E-state index contributed by atoms with van der Waals surface area (Å²) < 4.78 is 10.9. The SMILES string of the molecule is c1ccc(-c2nc(-c3cccc4c3oc3ccccc34)nc(-n3c4ccccc4c4nc5c6ccccc6c6ccccc6n5c43)n2)cc1. The van der Waals surface area contributed by atoms with Crippen LogP contribution in [0.3, 0.4) is 0 Å². The molecule has 7 nitrogen and oxygen atoms in total. The molecule has 7 heteroatoms. The zero-order valence-corrected chi connectivity index (χ0v) is 25.9. The van der Waals surface area contributed by atoms with Crippen molar-refractivity contribution in [3.8, 4) is 28.7 Å². The van der Waals surface area contributed by atoms with Crippen molar-refractivity contribution in [2.45, 2.75) is 0 Å². The minimum absolute atomic E-state index is 0.502. The van der Waals surface area contributed by atoms with E-state index in [1.807, 2.05) is 66.7 Å². The van der Waals surface area contributed by atoms with Crippen LogP contribution in [0, 0.1) is 0 Å². The van der Waals surface area contributed by atoms with Gasteiger partial charge in [-0.15, -0.1) is 0 Å². The van der Waals surface area contributed by atoms with E-state index in [9.17, 15) is 0 Å². The van der Waals surface area contributed by atoms with Crippen LogP contribution in [0.5, 0.6) is 0 Å². The molecule has 5 aromatic heterocycles. The van der Waals surface area contributed by atoms with Crippen molar-refractivity contribution in [1.82, 2.24) is 28.9 Å². The third kappa shape index (κ3) is 3.66. The fraction of sp³-hybridized carbons (Fsp3) is 0. The molecule has 0 radical (unpaired) electrons. The summed E-state index contributed by atoms with van der Waals surface area (Å²) in [6.45, 7) is 0. The third-order valence-corrected chi connectivity index (χ3v) is 9.57. The fourth-order valence-electron chi connectivity index (χ4n) is 7.43. The number of imidazole rings is 1. The smallest absolute Gasteiger partial charge is 0.240 e. The highest BCUT2D eigenvalue weighted by Gasteiger charge is 2.24. The summed E-state index contributed by atoms with van der Waals surface area (Å²) >= 11 is 0. The van der Waals surface area contributed by atoms with Crippen molar-refractivity contribution in [3.63, 3.8) is 0 Å². The summed E-state index contributed by atoms with van der Waals surface area (Å²) in [7, 11) is 0. The van der Waals surface area contributed by atoms with Crippen molar-refractivity contribution in [1.29, 1.82) is 0 Å². The second-order valence-corrected chi connectivity index (χ2v) is 12.3. The Bertz CT molecular complexity index is 3120. The van der Waals surface area contributed by atoms with E-state index in [1.165, 1.54) is 5.39 Å². The molecule has 0 aliphatic rings. The quantitative estimate of drug-likeness (QED) is 0.182. The van der Waals surface area contributed by atoms with E-state index in [2.05, 4.69) is 87.8 Å². The highest BCUT2D eigenvalue weighted by Crippen LogP contribution is 2.39. The summed E-state index contributed by atoms with van der Waals surface area (Å²) in [6, 6.07) is 49.7. The van der Waals surface area contributed by atoms with Crippen LogP contribution in [-0.4, -0.2) is 28.9 Å². The highest BCUT2D eigenvalue weighted by molar-refractivity contribution is 6.17. The van der Waals surface area contributed by atoms with Gasteiger partial charge in [-0.1, -0.05) is 121 Å². The molecule has 0 aliphatic carbocycles. The number of pyridine rings is 1. The van der Waals surface area contributed by atoms with Gasteiger partial charge in [-0.2, -0.15) is 9.97 Å². The summed E-state index contributed by atoms with van der Waals surface area (Å²) in [5.41, 5.74) is 7.97. The van der Waals surface area contributed by atoms with Crippen LogP contribution in [-0.2, 0) is 0 Å². The number of rotatable bonds is 3. The number of hydrogen-bond donors (Lipinski definition) is 0. The predicted molar refractivity (Wildman–Crippen MR) is 196 cm³/mol. The highest BCUT2D eigenvalue weighted by atomic mass is 16.3. The van der Waals surface area contributed by atoms with Crippen LogP contribution in [0.15, 0.2) is 150 Å². The van der Waals surface area contributed by atoms with Gasteiger partial charge in [0.2, 0.25) is 5.95 Å². The van der Waals surface area contributed by atoms with Gasteiger partial charge in [0.05, 0.1) is 16.6 Å². The van der Waals surface area contributed by atoms with Gasteiger partial charge in [0.25, 0.3) is 0 Å². The zero-order chi connectivity index (χ0) is 32.1. The first-order valence-electron chi connectivity index (χ1n) is 16.3. The Morgan fingerprint density at radius 2 is 1.10 bits per heavy atom. The van der Waals surface area contributed by atoms with Crippen LogP contribution in [0.2, 0.25) is 0 Å². The van der Waals surface area contributed by atoms with E-state index in [0.717, 1.165) is 77.1 Å². The molecule has 6 aromatic carbocycles. The minimum atomic E-state index is 0.502. The van der Waals surface area contributed by atoms with Crippen LogP contribution in [0.1, 0.15) is 0 Å². The second kappa shape index (κ2) is 9.82. The monoisotopic (exact) mass is 628 g/mol. The lowest BCUT2D eigenvalue weighted by molar-refractivity contribution is 0.669. The maximum absolute atomic E-state index is 6.47. The van der Waals surface area contributed by atoms with E-state index in [0.29, 0.717) is 17.6 Å². The maximum atomic E-state index is 6.47. The Kier molecular flexibility index (Phi) is 5.26. The van der Waals surface area contributed by atoms with Crippen LogP contribution in [0.4, 0.5) is 0 Å². The maximum Gasteiger partial charge on any atom is 0.240 e. The predicted octanol–water partition coefficient (Wildman–Crippen LogP) is 10.2. The summed E-state index contributed by atoms with van der Waals surface area (Å²) in [5.74, 6) is 1.61. The standard InChI is InChI=1S/C42H24N6O/c1-2-13-25(14-3-1)38-44-39(32-21-12-20-29-28-17-8-11-24-35(28)49-37(29)32)46-42(45-38)48-34-23-10-7-19-31(34)36-41(48)47-33-22-9-6-16-27(33)26-15-4-5-18-30(26)40(47)43-36/h1-24H. The van der Waals surface area contributed by atoms with E-state index in [1.54, 1.807) is 0 Å². The molecule has 11 aromatic rings. The number of hydrogen-bond acceptors (Lipinski definition) is 5. The molecular formula is C42H24N6O. The van der Waals surface area contributed by atoms with Crippen molar-refractivity contribution in [2.24, 2.45) is 0 Å². The molecule has 0 aliphatic heterocycles. The molecule has 0 spiro atoms. The zero-order valence-electron chi connectivity index (χ0n) is 25.9. The van der Waals surface area contributed by atoms with E-state index >= 15 is 0 Å². The molecule has 0 saturated heterocycles. The summed E-state index contributed by atoms with van der Waals surface area (Å²) in [5, 5.41) is 6.51. The molecule has 0 N–H and O–H groups in total. The first-order valence-corrected chi connectivity index (χ1v) is 16.3. The van der Waals surface area contributed by atoms with Crippen LogP contribution < -0.4 is 0 Å². The molecule has 11 rings (SSSR count). The lowest BCUT2D eigenvalue weighted by atomic mass is 10.1. The second-order valence-electron chi connectivity index (χ2n) is 12.3. The van der Waals surface area contributed by atoms with Crippen LogP contribution in [0.25, 0.3) is 100 Å². The van der Waals surface area contributed by atoms with E-state index in [4.69, 9.17) is 24.4 Å². The van der Waals surface area contributed by atoms with E-state index < -0.39 is 0 Å². The van der Waals surface area contributed by atoms with Gasteiger partial charge < -0.3 is 4.42 Å². The fourth-order valence-corrected chi connectivity index (χ4v) is 7.43. The largest absolute Gasteiger partial charge is 0.455 e. The van der Waals surface area contributed by atoms with Gasteiger partial charge in [-0.05, 0) is 29.7 Å². The molecule has 228 valence electrons. The first kappa shape index (κ1) is 26.2. The number of aromatic nitrogens is 6. The van der Waals surface area contributed by atoms with Gasteiger partial charge in [0.1, 0.15) is 22.3 Å². The van der Waals surface area contributed by atoms with Crippen molar-refractivity contribution >= 4 is 71.3 Å². The Hall–Kier alpha value is -6.86. The first-order chi connectivity index (χ1) is 24.3. The van der Waals surface area contributed by atoms with E-state index in [-0.39, 0.29) is 0 Å².